The normalized spacial score (nSPS) is 20.1. The van der Waals surface area contributed by atoms with Crippen LogP contribution in [0.5, 0.6) is 0 Å². The van der Waals surface area contributed by atoms with E-state index >= 15 is 0 Å². The van der Waals surface area contributed by atoms with E-state index in [2.05, 4.69) is 17.0 Å². The van der Waals surface area contributed by atoms with Gasteiger partial charge in [-0.1, -0.05) is 0 Å². The molecule has 11 heavy (non-hydrogen) atoms. The van der Waals surface area contributed by atoms with Crippen molar-refractivity contribution in [3.63, 3.8) is 0 Å². The van der Waals surface area contributed by atoms with Gasteiger partial charge in [-0.3, -0.25) is 0 Å². The standard InChI is InChI=1S/C7H12N4/c1-5(6-2-3-6)11-7(8)9-4-10-11/h4-6H,2-3H2,1H3,(H2,8,9,10). The number of nitrogens with two attached hydrogens (primary N) is 1. The average Bonchev–Trinajstić information content (AvgIpc) is 2.74. The van der Waals surface area contributed by atoms with Crippen LogP contribution in [0.4, 0.5) is 5.95 Å². The van der Waals surface area contributed by atoms with Crippen LogP contribution in [0.3, 0.4) is 0 Å². The van der Waals surface area contributed by atoms with Gasteiger partial charge in [-0.2, -0.15) is 5.10 Å². The number of hydrogen-bond donors (Lipinski definition) is 1. The van der Waals surface area contributed by atoms with E-state index in [-0.39, 0.29) is 0 Å². The first kappa shape index (κ1) is 6.64. The van der Waals surface area contributed by atoms with Gasteiger partial charge in [0.1, 0.15) is 6.33 Å². The predicted octanol–water partition coefficient (Wildman–Crippen LogP) is 0.831. The molecule has 1 aromatic rings. The molecule has 1 aliphatic rings. The van der Waals surface area contributed by atoms with Crippen molar-refractivity contribution in [1.82, 2.24) is 14.8 Å². The Bertz CT molecular complexity index is 251. The van der Waals surface area contributed by atoms with Gasteiger partial charge in [-0.15, -0.1) is 0 Å². The Morgan fingerprint density at radius 2 is 2.45 bits per heavy atom. The van der Waals surface area contributed by atoms with E-state index < -0.39 is 0 Å². The Hall–Kier alpha value is -1.06. The molecule has 2 rings (SSSR count). The lowest BCUT2D eigenvalue weighted by Gasteiger charge is -2.10. The molecule has 1 fully saturated rings. The predicted molar refractivity (Wildman–Crippen MR) is 41.9 cm³/mol. The quantitative estimate of drug-likeness (QED) is 0.683. The lowest BCUT2D eigenvalue weighted by molar-refractivity contribution is 0.445. The molecule has 4 heteroatoms. The van der Waals surface area contributed by atoms with Crippen LogP contribution < -0.4 is 5.73 Å². The van der Waals surface area contributed by atoms with Crippen molar-refractivity contribution < 1.29 is 0 Å². The Kier molecular flexibility index (Phi) is 1.34. The molecule has 0 aliphatic heterocycles. The smallest absolute Gasteiger partial charge is 0.218 e. The van der Waals surface area contributed by atoms with Gasteiger partial charge in [-0.25, -0.2) is 9.67 Å². The van der Waals surface area contributed by atoms with Crippen LogP contribution in [0.25, 0.3) is 0 Å². The Labute approximate surface area is 65.4 Å². The zero-order chi connectivity index (χ0) is 7.84. The third kappa shape index (κ3) is 1.08. The Morgan fingerprint density at radius 3 is 2.91 bits per heavy atom. The van der Waals surface area contributed by atoms with Gasteiger partial charge < -0.3 is 5.73 Å². The minimum absolute atomic E-state index is 0.428. The fraction of sp³-hybridized carbons (Fsp3) is 0.714. The number of nitrogen functional groups attached to an aromatic ring is 1. The molecular formula is C7H12N4. The molecule has 0 amide bonds. The fourth-order valence-corrected chi connectivity index (χ4v) is 1.35. The van der Waals surface area contributed by atoms with Gasteiger partial charge in [0.2, 0.25) is 5.95 Å². The van der Waals surface area contributed by atoms with Crippen LogP contribution in [-0.2, 0) is 0 Å². The second-order valence-corrected chi connectivity index (χ2v) is 3.14. The van der Waals surface area contributed by atoms with Crippen LogP contribution in [0.2, 0.25) is 0 Å². The molecule has 0 aromatic carbocycles. The summed E-state index contributed by atoms with van der Waals surface area (Å²) < 4.78 is 1.80. The lowest BCUT2D eigenvalue weighted by atomic mass is 10.2. The minimum Gasteiger partial charge on any atom is -0.368 e. The highest BCUT2D eigenvalue weighted by atomic mass is 15.4. The first-order chi connectivity index (χ1) is 5.29. The van der Waals surface area contributed by atoms with Crippen molar-refractivity contribution in [2.75, 3.05) is 5.73 Å². The van der Waals surface area contributed by atoms with E-state index in [0.717, 1.165) is 5.92 Å². The third-order valence-electron chi connectivity index (χ3n) is 2.29. The summed E-state index contributed by atoms with van der Waals surface area (Å²) in [6.07, 6.45) is 4.12. The highest BCUT2D eigenvalue weighted by molar-refractivity contribution is 5.14. The molecule has 0 bridgehead atoms. The zero-order valence-electron chi connectivity index (χ0n) is 6.57. The third-order valence-corrected chi connectivity index (χ3v) is 2.29. The van der Waals surface area contributed by atoms with Crippen LogP contribution >= 0.6 is 0 Å². The molecule has 1 unspecified atom stereocenters. The van der Waals surface area contributed by atoms with Crippen LogP contribution in [0.15, 0.2) is 6.33 Å². The topological polar surface area (TPSA) is 56.7 Å². The molecule has 1 saturated carbocycles. The average molecular weight is 152 g/mol. The molecule has 0 radical (unpaired) electrons. The monoisotopic (exact) mass is 152 g/mol. The molecule has 1 atom stereocenters. The molecule has 60 valence electrons. The summed E-state index contributed by atoms with van der Waals surface area (Å²) in [5.41, 5.74) is 5.60. The summed E-state index contributed by atoms with van der Waals surface area (Å²) in [5, 5.41) is 4.06. The summed E-state index contributed by atoms with van der Waals surface area (Å²) in [7, 11) is 0. The van der Waals surface area contributed by atoms with Crippen molar-refractivity contribution in [2.24, 2.45) is 5.92 Å². The minimum atomic E-state index is 0.428. The van der Waals surface area contributed by atoms with Crippen molar-refractivity contribution in [1.29, 1.82) is 0 Å². The van der Waals surface area contributed by atoms with Crippen LogP contribution in [-0.4, -0.2) is 14.8 Å². The first-order valence-corrected chi connectivity index (χ1v) is 3.94. The number of hydrogen-bond acceptors (Lipinski definition) is 3. The van der Waals surface area contributed by atoms with E-state index in [9.17, 15) is 0 Å². The summed E-state index contributed by atoms with van der Waals surface area (Å²) >= 11 is 0. The van der Waals surface area contributed by atoms with Gasteiger partial charge in [0.15, 0.2) is 0 Å². The number of anilines is 1. The largest absolute Gasteiger partial charge is 0.368 e. The molecular weight excluding hydrogens is 140 g/mol. The van der Waals surface area contributed by atoms with Crippen LogP contribution in [0, 0.1) is 5.92 Å². The number of aromatic nitrogens is 3. The summed E-state index contributed by atoms with van der Waals surface area (Å²) in [5.74, 6) is 1.31. The summed E-state index contributed by atoms with van der Waals surface area (Å²) in [4.78, 5) is 3.88. The highest BCUT2D eigenvalue weighted by Gasteiger charge is 2.30. The Balaban J connectivity index is 2.20. The number of rotatable bonds is 2. The van der Waals surface area contributed by atoms with Crippen molar-refractivity contribution in [3.05, 3.63) is 6.33 Å². The molecule has 1 aliphatic carbocycles. The van der Waals surface area contributed by atoms with Gasteiger partial charge in [0, 0.05) is 0 Å². The fourth-order valence-electron chi connectivity index (χ4n) is 1.35. The maximum atomic E-state index is 5.60. The first-order valence-electron chi connectivity index (χ1n) is 3.94. The molecule has 1 heterocycles. The summed E-state index contributed by atoms with van der Waals surface area (Å²) in [6.45, 7) is 2.14. The summed E-state index contributed by atoms with van der Waals surface area (Å²) in [6, 6.07) is 0.428. The van der Waals surface area contributed by atoms with E-state index in [1.807, 2.05) is 0 Å². The maximum absolute atomic E-state index is 5.60. The van der Waals surface area contributed by atoms with E-state index in [4.69, 9.17) is 5.73 Å². The lowest BCUT2D eigenvalue weighted by Crippen LogP contribution is -2.11. The molecule has 0 spiro atoms. The molecule has 2 N–H and O–H groups in total. The highest BCUT2D eigenvalue weighted by Crippen LogP contribution is 2.39. The van der Waals surface area contributed by atoms with Crippen molar-refractivity contribution in [3.8, 4) is 0 Å². The molecule has 0 saturated heterocycles. The zero-order valence-corrected chi connectivity index (χ0v) is 6.57. The number of nitrogens with zero attached hydrogens (tertiary/aromatic N) is 3. The van der Waals surface area contributed by atoms with E-state index in [1.54, 1.807) is 4.68 Å². The van der Waals surface area contributed by atoms with Gasteiger partial charge in [-0.05, 0) is 25.7 Å². The SMILES string of the molecule is CC(C1CC1)n1ncnc1N. The molecule has 4 nitrogen and oxygen atoms in total. The van der Waals surface area contributed by atoms with Crippen LogP contribution in [0.1, 0.15) is 25.8 Å². The maximum Gasteiger partial charge on any atom is 0.218 e. The van der Waals surface area contributed by atoms with Gasteiger partial charge in [0.25, 0.3) is 0 Å². The second-order valence-electron chi connectivity index (χ2n) is 3.14. The van der Waals surface area contributed by atoms with Crippen molar-refractivity contribution >= 4 is 5.95 Å². The van der Waals surface area contributed by atoms with E-state index in [1.165, 1.54) is 19.2 Å². The second kappa shape index (κ2) is 2.22. The van der Waals surface area contributed by atoms with E-state index in [0.29, 0.717) is 12.0 Å². The Morgan fingerprint density at radius 1 is 1.73 bits per heavy atom. The van der Waals surface area contributed by atoms with Gasteiger partial charge in [0.05, 0.1) is 6.04 Å². The van der Waals surface area contributed by atoms with Gasteiger partial charge >= 0.3 is 0 Å². The van der Waals surface area contributed by atoms with Crippen molar-refractivity contribution in [2.45, 2.75) is 25.8 Å². The molecule has 1 aromatic heterocycles.